The van der Waals surface area contributed by atoms with Gasteiger partial charge in [-0.05, 0) is 49.2 Å². The van der Waals surface area contributed by atoms with E-state index in [9.17, 15) is 4.79 Å². The molecule has 2 aromatic carbocycles. The molecule has 0 bridgehead atoms. The first-order valence-corrected chi connectivity index (χ1v) is 9.47. The van der Waals surface area contributed by atoms with Crippen LogP contribution in [0.2, 0.25) is 0 Å². The van der Waals surface area contributed by atoms with Crippen LogP contribution < -0.4 is 9.47 Å². The molecule has 0 saturated heterocycles. The molecule has 0 aliphatic heterocycles. The van der Waals surface area contributed by atoms with Crippen LogP contribution in [0.1, 0.15) is 47.8 Å². The Labute approximate surface area is 163 Å². The zero-order valence-corrected chi connectivity index (χ0v) is 15.8. The molecule has 6 nitrogen and oxygen atoms in total. The van der Waals surface area contributed by atoms with Gasteiger partial charge in [0.1, 0.15) is 11.5 Å². The number of aromatic nitrogens is 2. The third-order valence-corrected chi connectivity index (χ3v) is 5.02. The van der Waals surface area contributed by atoms with Crippen LogP contribution in [0.4, 0.5) is 0 Å². The number of benzene rings is 2. The summed E-state index contributed by atoms with van der Waals surface area (Å²) < 4.78 is 16.2. The van der Waals surface area contributed by atoms with E-state index in [4.69, 9.17) is 14.0 Å². The Balaban J connectivity index is 1.41. The lowest BCUT2D eigenvalue weighted by molar-refractivity contribution is 0.0921. The van der Waals surface area contributed by atoms with Crippen LogP contribution >= 0.6 is 0 Å². The fourth-order valence-electron chi connectivity index (χ4n) is 3.43. The largest absolute Gasteiger partial charge is 0.497 e. The summed E-state index contributed by atoms with van der Waals surface area (Å²) in [5, 5.41) is 4.11. The monoisotopic (exact) mass is 378 g/mol. The third kappa shape index (κ3) is 4.06. The number of hydrogen-bond donors (Lipinski definition) is 0. The molecule has 28 heavy (non-hydrogen) atoms. The molecule has 0 radical (unpaired) electrons. The highest BCUT2D eigenvalue weighted by Gasteiger charge is 2.23. The van der Waals surface area contributed by atoms with Gasteiger partial charge in [0, 0.05) is 17.0 Å². The smallest absolute Gasteiger partial charge is 0.230 e. The standard InChI is InChI=1S/C22H22N2O4/c1-26-18-11-9-15(10-12-18)20(25)14-27-19-8-4-7-17(13-19)21-23-22(28-24-21)16-5-2-3-6-16/h4,7-13,16H,2-3,5-6,14H2,1H3. The number of ether oxygens (including phenoxy) is 2. The van der Waals surface area contributed by atoms with Crippen molar-refractivity contribution in [2.24, 2.45) is 0 Å². The van der Waals surface area contributed by atoms with E-state index >= 15 is 0 Å². The van der Waals surface area contributed by atoms with Crippen LogP contribution in [0, 0.1) is 0 Å². The zero-order valence-electron chi connectivity index (χ0n) is 15.8. The van der Waals surface area contributed by atoms with Crippen LogP contribution in [0.5, 0.6) is 11.5 Å². The molecule has 0 spiro atoms. The summed E-state index contributed by atoms with van der Waals surface area (Å²) >= 11 is 0. The molecule has 0 N–H and O–H groups in total. The van der Waals surface area contributed by atoms with Gasteiger partial charge in [-0.2, -0.15) is 4.98 Å². The van der Waals surface area contributed by atoms with Crippen LogP contribution in [0.3, 0.4) is 0 Å². The van der Waals surface area contributed by atoms with E-state index in [1.54, 1.807) is 31.4 Å². The molecule has 0 unspecified atom stereocenters. The average Bonchev–Trinajstić information content (AvgIpc) is 3.44. The molecule has 1 heterocycles. The van der Waals surface area contributed by atoms with Gasteiger partial charge in [0.15, 0.2) is 12.4 Å². The van der Waals surface area contributed by atoms with Gasteiger partial charge in [0.2, 0.25) is 11.7 Å². The van der Waals surface area contributed by atoms with E-state index in [1.807, 2.05) is 24.3 Å². The second-order valence-electron chi connectivity index (χ2n) is 6.91. The number of Topliss-reactive ketones (excluding diaryl/α,β-unsaturated/α-hetero) is 1. The first-order valence-electron chi connectivity index (χ1n) is 9.47. The second-order valence-corrected chi connectivity index (χ2v) is 6.91. The van der Waals surface area contributed by atoms with Crippen molar-refractivity contribution < 1.29 is 18.8 Å². The lowest BCUT2D eigenvalue weighted by Gasteiger charge is -2.07. The van der Waals surface area contributed by atoms with Crippen molar-refractivity contribution in [3.05, 3.63) is 60.0 Å². The van der Waals surface area contributed by atoms with Crippen molar-refractivity contribution in [1.82, 2.24) is 10.1 Å². The number of carbonyl (C=O) groups excluding carboxylic acids is 1. The Morgan fingerprint density at radius 2 is 1.89 bits per heavy atom. The van der Waals surface area contributed by atoms with E-state index in [-0.39, 0.29) is 12.4 Å². The summed E-state index contributed by atoms with van der Waals surface area (Å²) in [7, 11) is 1.59. The van der Waals surface area contributed by atoms with Crippen LogP contribution in [-0.2, 0) is 0 Å². The minimum atomic E-state index is -0.101. The maximum Gasteiger partial charge on any atom is 0.230 e. The Morgan fingerprint density at radius 1 is 1.11 bits per heavy atom. The topological polar surface area (TPSA) is 74.5 Å². The van der Waals surface area contributed by atoms with Crippen LogP contribution in [0.15, 0.2) is 53.1 Å². The number of rotatable bonds is 7. The summed E-state index contributed by atoms with van der Waals surface area (Å²) in [6.45, 7) is -0.0463. The minimum absolute atomic E-state index is 0.0463. The van der Waals surface area contributed by atoms with Crippen molar-refractivity contribution in [1.29, 1.82) is 0 Å². The van der Waals surface area contributed by atoms with Gasteiger partial charge in [0.05, 0.1) is 7.11 Å². The van der Waals surface area contributed by atoms with Crippen molar-refractivity contribution in [2.75, 3.05) is 13.7 Å². The highest BCUT2D eigenvalue weighted by molar-refractivity contribution is 5.97. The van der Waals surface area contributed by atoms with Crippen molar-refractivity contribution in [3.8, 4) is 22.9 Å². The average molecular weight is 378 g/mol. The number of ketones is 1. The Kier molecular flexibility index (Phi) is 5.37. The first kappa shape index (κ1) is 18.2. The number of methoxy groups -OCH3 is 1. The molecule has 144 valence electrons. The lowest BCUT2D eigenvalue weighted by atomic mass is 10.1. The first-order chi connectivity index (χ1) is 13.7. The fourth-order valence-corrected chi connectivity index (χ4v) is 3.43. The number of hydrogen-bond acceptors (Lipinski definition) is 6. The summed E-state index contributed by atoms with van der Waals surface area (Å²) in [6, 6.07) is 14.4. The quantitative estimate of drug-likeness (QED) is 0.557. The number of nitrogens with zero attached hydrogens (tertiary/aromatic N) is 2. The van der Waals surface area contributed by atoms with Crippen molar-refractivity contribution in [3.63, 3.8) is 0 Å². The van der Waals surface area contributed by atoms with Gasteiger partial charge in [-0.1, -0.05) is 30.1 Å². The van der Waals surface area contributed by atoms with E-state index < -0.39 is 0 Å². The zero-order chi connectivity index (χ0) is 19.3. The summed E-state index contributed by atoms with van der Waals surface area (Å²) in [5.41, 5.74) is 1.39. The molecule has 0 atom stereocenters. The maximum absolute atomic E-state index is 12.3. The molecule has 4 rings (SSSR count). The van der Waals surface area contributed by atoms with Gasteiger partial charge in [0.25, 0.3) is 0 Å². The molecule has 3 aromatic rings. The highest BCUT2D eigenvalue weighted by Crippen LogP contribution is 2.34. The summed E-state index contributed by atoms with van der Waals surface area (Å²) in [5.74, 6) is 2.84. The van der Waals surface area contributed by atoms with E-state index in [0.29, 0.717) is 34.7 Å². The number of carbonyl (C=O) groups is 1. The van der Waals surface area contributed by atoms with Crippen molar-refractivity contribution in [2.45, 2.75) is 31.6 Å². The summed E-state index contributed by atoms with van der Waals surface area (Å²) in [4.78, 5) is 16.9. The van der Waals surface area contributed by atoms with E-state index in [0.717, 1.165) is 18.4 Å². The van der Waals surface area contributed by atoms with E-state index in [2.05, 4.69) is 10.1 Å². The molecular weight excluding hydrogens is 356 g/mol. The fraction of sp³-hybridized carbons (Fsp3) is 0.318. The Morgan fingerprint density at radius 3 is 2.64 bits per heavy atom. The van der Waals surface area contributed by atoms with Crippen LogP contribution in [0.25, 0.3) is 11.4 Å². The molecule has 1 fully saturated rings. The van der Waals surface area contributed by atoms with Gasteiger partial charge >= 0.3 is 0 Å². The molecule has 1 aromatic heterocycles. The predicted molar refractivity (Wildman–Crippen MR) is 104 cm³/mol. The third-order valence-electron chi connectivity index (χ3n) is 5.02. The molecule has 1 aliphatic carbocycles. The lowest BCUT2D eigenvalue weighted by Crippen LogP contribution is -2.11. The molecule has 1 aliphatic rings. The molecular formula is C22H22N2O4. The maximum atomic E-state index is 12.3. The molecule has 0 amide bonds. The van der Waals surface area contributed by atoms with Gasteiger partial charge in [-0.3, -0.25) is 4.79 Å². The predicted octanol–water partition coefficient (Wildman–Crippen LogP) is 4.66. The SMILES string of the molecule is COc1ccc(C(=O)COc2cccc(-c3noc(C4CCCC4)n3)c2)cc1. The Bertz CT molecular complexity index is 943. The molecule has 6 heteroatoms. The normalized spacial score (nSPS) is 14.2. The van der Waals surface area contributed by atoms with Crippen molar-refractivity contribution >= 4 is 5.78 Å². The van der Waals surface area contributed by atoms with Gasteiger partial charge in [-0.25, -0.2) is 0 Å². The highest BCUT2D eigenvalue weighted by atomic mass is 16.5. The van der Waals surface area contributed by atoms with Crippen LogP contribution in [-0.4, -0.2) is 29.6 Å². The molecule has 1 saturated carbocycles. The van der Waals surface area contributed by atoms with Gasteiger partial charge < -0.3 is 14.0 Å². The summed E-state index contributed by atoms with van der Waals surface area (Å²) in [6.07, 6.45) is 4.65. The minimum Gasteiger partial charge on any atom is -0.497 e. The van der Waals surface area contributed by atoms with Gasteiger partial charge in [-0.15, -0.1) is 0 Å². The second kappa shape index (κ2) is 8.25. The Hall–Kier alpha value is -3.15. The van der Waals surface area contributed by atoms with E-state index in [1.165, 1.54) is 12.8 Å².